The summed E-state index contributed by atoms with van der Waals surface area (Å²) >= 11 is 0. The molecule has 1 heterocycles. The van der Waals surface area contributed by atoms with E-state index in [2.05, 4.69) is 34.9 Å². The van der Waals surface area contributed by atoms with Gasteiger partial charge in [-0.1, -0.05) is 19.8 Å². The van der Waals surface area contributed by atoms with Crippen molar-refractivity contribution in [1.82, 2.24) is 15.1 Å². The van der Waals surface area contributed by atoms with Crippen LogP contribution in [-0.2, 0) is 0 Å². The molecule has 3 nitrogen and oxygen atoms in total. The van der Waals surface area contributed by atoms with Gasteiger partial charge in [0.25, 0.3) is 0 Å². The van der Waals surface area contributed by atoms with Gasteiger partial charge >= 0.3 is 0 Å². The quantitative estimate of drug-likeness (QED) is 0.504. The highest BCUT2D eigenvalue weighted by Gasteiger charge is 2.25. The highest BCUT2D eigenvalue weighted by Crippen LogP contribution is 2.14. The Morgan fingerprint density at radius 2 is 2.19 bits per heavy atom. The summed E-state index contributed by atoms with van der Waals surface area (Å²) in [4.78, 5) is 5.10. The van der Waals surface area contributed by atoms with Gasteiger partial charge in [-0.25, -0.2) is 0 Å². The first kappa shape index (κ1) is 13.5. The summed E-state index contributed by atoms with van der Waals surface area (Å²) in [5.41, 5.74) is 0. The third-order valence-electron chi connectivity index (χ3n) is 3.41. The largest absolute Gasteiger partial charge is 0.305 e. The van der Waals surface area contributed by atoms with Gasteiger partial charge in [0.15, 0.2) is 0 Å². The van der Waals surface area contributed by atoms with Gasteiger partial charge in [0.2, 0.25) is 0 Å². The molecule has 92 valence electrons. The minimum Gasteiger partial charge on any atom is -0.305 e. The van der Waals surface area contributed by atoms with E-state index < -0.39 is 0 Å². The molecule has 0 aliphatic carbocycles. The van der Waals surface area contributed by atoms with Crippen LogP contribution in [0, 0.1) is 12.3 Å². The predicted octanol–water partition coefficient (Wildman–Crippen LogP) is 0.625. The SMILES string of the molecule is C#CCNCCN1CCC(N(CC)CC)C1. The number of likely N-dealkylation sites (N-methyl/N-ethyl adjacent to an activating group) is 1. The number of likely N-dealkylation sites (tertiary alicyclic amines) is 1. The Morgan fingerprint density at radius 1 is 1.44 bits per heavy atom. The van der Waals surface area contributed by atoms with Gasteiger partial charge < -0.3 is 10.2 Å². The number of nitrogens with zero attached hydrogens (tertiary/aromatic N) is 2. The molecule has 0 aromatic heterocycles. The second-order valence-electron chi connectivity index (χ2n) is 4.35. The molecule has 0 bridgehead atoms. The normalized spacial score (nSPS) is 21.5. The fourth-order valence-electron chi connectivity index (χ4n) is 2.45. The van der Waals surface area contributed by atoms with Crippen LogP contribution in [0.3, 0.4) is 0 Å². The summed E-state index contributed by atoms with van der Waals surface area (Å²) in [5.74, 6) is 2.60. The monoisotopic (exact) mass is 223 g/mol. The molecule has 0 radical (unpaired) electrons. The Morgan fingerprint density at radius 3 is 2.81 bits per heavy atom. The minimum absolute atomic E-state index is 0.688. The fraction of sp³-hybridized carbons (Fsp3) is 0.846. The molecular formula is C13H25N3. The average molecular weight is 223 g/mol. The van der Waals surface area contributed by atoms with Crippen molar-refractivity contribution in [2.45, 2.75) is 26.3 Å². The molecule has 1 saturated heterocycles. The lowest BCUT2D eigenvalue weighted by atomic mass is 10.2. The molecule has 0 saturated carbocycles. The van der Waals surface area contributed by atoms with Crippen molar-refractivity contribution in [3.63, 3.8) is 0 Å². The van der Waals surface area contributed by atoms with E-state index in [0.29, 0.717) is 6.54 Å². The van der Waals surface area contributed by atoms with Crippen molar-refractivity contribution < 1.29 is 0 Å². The van der Waals surface area contributed by atoms with Gasteiger partial charge in [0.1, 0.15) is 0 Å². The first-order valence-corrected chi connectivity index (χ1v) is 6.42. The summed E-state index contributed by atoms with van der Waals surface area (Å²) in [6, 6.07) is 0.766. The van der Waals surface area contributed by atoms with Gasteiger partial charge in [-0.2, -0.15) is 0 Å². The summed E-state index contributed by atoms with van der Waals surface area (Å²) in [6.07, 6.45) is 6.50. The van der Waals surface area contributed by atoms with Gasteiger partial charge in [-0.05, 0) is 26.1 Å². The molecule has 1 aliphatic heterocycles. The molecule has 1 fully saturated rings. The van der Waals surface area contributed by atoms with E-state index in [1.165, 1.54) is 32.6 Å². The van der Waals surface area contributed by atoms with Crippen LogP contribution >= 0.6 is 0 Å². The maximum atomic E-state index is 5.19. The van der Waals surface area contributed by atoms with Crippen LogP contribution in [0.25, 0.3) is 0 Å². The highest BCUT2D eigenvalue weighted by atomic mass is 15.3. The second kappa shape index (κ2) is 7.67. The molecule has 3 heteroatoms. The number of hydrogen-bond donors (Lipinski definition) is 1. The third kappa shape index (κ3) is 4.13. The maximum absolute atomic E-state index is 5.19. The van der Waals surface area contributed by atoms with Crippen molar-refractivity contribution >= 4 is 0 Å². The van der Waals surface area contributed by atoms with Crippen molar-refractivity contribution in [2.24, 2.45) is 0 Å². The Kier molecular flexibility index (Phi) is 6.47. The lowest BCUT2D eigenvalue weighted by Gasteiger charge is -2.26. The van der Waals surface area contributed by atoms with Gasteiger partial charge in [0, 0.05) is 25.7 Å². The van der Waals surface area contributed by atoms with Crippen molar-refractivity contribution in [2.75, 3.05) is 45.8 Å². The summed E-state index contributed by atoms with van der Waals surface area (Å²) in [6.45, 7) is 12.1. The molecule has 0 aromatic rings. The summed E-state index contributed by atoms with van der Waals surface area (Å²) in [7, 11) is 0. The molecule has 0 spiro atoms. The van der Waals surface area contributed by atoms with Crippen LogP contribution in [0.15, 0.2) is 0 Å². The zero-order chi connectivity index (χ0) is 11.8. The Balaban J connectivity index is 2.17. The van der Waals surface area contributed by atoms with E-state index in [1.807, 2.05) is 0 Å². The Bertz CT molecular complexity index is 218. The molecule has 0 amide bonds. The topological polar surface area (TPSA) is 18.5 Å². The lowest BCUT2D eigenvalue weighted by Crippen LogP contribution is -2.38. The van der Waals surface area contributed by atoms with Crippen LogP contribution in [-0.4, -0.2) is 61.7 Å². The fourth-order valence-corrected chi connectivity index (χ4v) is 2.45. The molecule has 0 aromatic carbocycles. The standard InChI is InChI=1S/C13H25N3/c1-4-8-14-9-11-15-10-7-13(12-15)16(5-2)6-3/h1,13-14H,5-12H2,2-3H3. The van der Waals surface area contributed by atoms with E-state index in [1.54, 1.807) is 0 Å². The van der Waals surface area contributed by atoms with Crippen LogP contribution < -0.4 is 5.32 Å². The van der Waals surface area contributed by atoms with Crippen molar-refractivity contribution in [1.29, 1.82) is 0 Å². The Hall–Kier alpha value is -0.560. The average Bonchev–Trinajstić information content (AvgIpc) is 2.75. The van der Waals surface area contributed by atoms with Gasteiger partial charge in [-0.3, -0.25) is 4.90 Å². The molecule has 1 N–H and O–H groups in total. The molecular weight excluding hydrogens is 198 g/mol. The highest BCUT2D eigenvalue weighted by molar-refractivity contribution is 4.87. The van der Waals surface area contributed by atoms with Crippen LogP contribution in [0.2, 0.25) is 0 Å². The summed E-state index contributed by atoms with van der Waals surface area (Å²) in [5, 5.41) is 3.24. The number of rotatable bonds is 7. The van der Waals surface area contributed by atoms with Gasteiger partial charge in [-0.15, -0.1) is 6.42 Å². The van der Waals surface area contributed by atoms with E-state index in [-0.39, 0.29) is 0 Å². The smallest absolute Gasteiger partial charge is 0.0574 e. The van der Waals surface area contributed by atoms with Crippen molar-refractivity contribution in [3.8, 4) is 12.3 Å². The number of terminal acetylenes is 1. The number of hydrogen-bond acceptors (Lipinski definition) is 3. The number of nitrogens with one attached hydrogen (secondary N) is 1. The van der Waals surface area contributed by atoms with E-state index in [0.717, 1.165) is 19.1 Å². The van der Waals surface area contributed by atoms with Crippen LogP contribution in [0.4, 0.5) is 0 Å². The van der Waals surface area contributed by atoms with Crippen LogP contribution in [0.5, 0.6) is 0 Å². The molecule has 1 unspecified atom stereocenters. The first-order chi connectivity index (χ1) is 7.81. The van der Waals surface area contributed by atoms with E-state index in [9.17, 15) is 0 Å². The lowest BCUT2D eigenvalue weighted by molar-refractivity contribution is 0.211. The molecule has 16 heavy (non-hydrogen) atoms. The maximum Gasteiger partial charge on any atom is 0.0574 e. The third-order valence-corrected chi connectivity index (χ3v) is 3.41. The zero-order valence-electron chi connectivity index (χ0n) is 10.7. The van der Waals surface area contributed by atoms with Crippen molar-refractivity contribution in [3.05, 3.63) is 0 Å². The zero-order valence-corrected chi connectivity index (χ0v) is 10.7. The Labute approximate surface area is 100 Å². The summed E-state index contributed by atoms with van der Waals surface area (Å²) < 4.78 is 0. The van der Waals surface area contributed by atoms with E-state index in [4.69, 9.17) is 6.42 Å². The predicted molar refractivity (Wildman–Crippen MR) is 69.5 cm³/mol. The molecule has 1 rings (SSSR count). The van der Waals surface area contributed by atoms with Crippen LogP contribution in [0.1, 0.15) is 20.3 Å². The van der Waals surface area contributed by atoms with E-state index >= 15 is 0 Å². The first-order valence-electron chi connectivity index (χ1n) is 6.42. The second-order valence-corrected chi connectivity index (χ2v) is 4.35. The van der Waals surface area contributed by atoms with Gasteiger partial charge in [0.05, 0.1) is 6.54 Å². The molecule has 1 atom stereocenters. The minimum atomic E-state index is 0.688. The molecule has 1 aliphatic rings.